The third-order valence-electron chi connectivity index (χ3n) is 5.12. The first-order valence-corrected chi connectivity index (χ1v) is 10.9. The van der Waals surface area contributed by atoms with E-state index in [0.717, 1.165) is 5.56 Å². The lowest BCUT2D eigenvalue weighted by atomic mass is 9.94. The number of rotatable bonds is 9. The number of esters is 1. The molecule has 1 aliphatic heterocycles. The zero-order valence-electron chi connectivity index (χ0n) is 19.0. The Morgan fingerprint density at radius 1 is 0.969 bits per heavy atom. The van der Waals surface area contributed by atoms with Crippen LogP contribution in [0.25, 0.3) is 0 Å². The lowest BCUT2D eigenvalue weighted by Gasteiger charge is -2.29. The Kier molecular flexibility index (Phi) is 7.76. The molecule has 7 nitrogen and oxygen atoms in total. The largest absolute Gasteiger partial charge is 0.490 e. The minimum atomic E-state index is -0.650. The highest BCUT2D eigenvalue weighted by Crippen LogP contribution is 2.35. The Morgan fingerprint density at radius 2 is 1.72 bits per heavy atom. The molecule has 0 fully saturated rings. The van der Waals surface area contributed by atoms with Crippen molar-refractivity contribution in [2.45, 2.75) is 46.8 Å². The number of carbonyl (C=O) groups excluding carboxylic acids is 2. The van der Waals surface area contributed by atoms with E-state index in [1.54, 1.807) is 19.1 Å². The van der Waals surface area contributed by atoms with Gasteiger partial charge in [-0.05, 0) is 50.5 Å². The van der Waals surface area contributed by atoms with Crippen molar-refractivity contribution < 1.29 is 23.8 Å². The molecule has 2 aromatic carbocycles. The first kappa shape index (κ1) is 23.2. The van der Waals surface area contributed by atoms with Crippen molar-refractivity contribution in [1.29, 1.82) is 0 Å². The summed E-state index contributed by atoms with van der Waals surface area (Å²) in [5.74, 6) is 0.680. The van der Waals surface area contributed by atoms with Gasteiger partial charge in [0.1, 0.15) is 6.61 Å². The van der Waals surface area contributed by atoms with Crippen molar-refractivity contribution in [3.63, 3.8) is 0 Å². The third-order valence-corrected chi connectivity index (χ3v) is 5.12. The van der Waals surface area contributed by atoms with Gasteiger partial charge in [-0.1, -0.05) is 42.8 Å². The molecule has 32 heavy (non-hydrogen) atoms. The van der Waals surface area contributed by atoms with Crippen LogP contribution in [0.3, 0.4) is 0 Å². The molecule has 0 aliphatic carbocycles. The fourth-order valence-corrected chi connectivity index (χ4v) is 3.53. The van der Waals surface area contributed by atoms with Crippen LogP contribution in [-0.2, 0) is 16.1 Å². The average molecular weight is 439 g/mol. The van der Waals surface area contributed by atoms with Crippen molar-refractivity contribution in [3.8, 4) is 11.5 Å². The quantitative estimate of drug-likeness (QED) is 0.561. The van der Waals surface area contributed by atoms with E-state index >= 15 is 0 Å². The molecule has 0 saturated heterocycles. The van der Waals surface area contributed by atoms with Gasteiger partial charge in [0.05, 0.1) is 24.8 Å². The molecule has 0 bridgehead atoms. The molecule has 1 heterocycles. The Bertz CT molecular complexity index is 998. The second-order valence-electron chi connectivity index (χ2n) is 7.41. The summed E-state index contributed by atoms with van der Waals surface area (Å²) in [5.41, 5.74) is 3.89. The molecule has 2 N–H and O–H groups in total. The topological polar surface area (TPSA) is 85.9 Å². The van der Waals surface area contributed by atoms with Gasteiger partial charge in [0.2, 0.25) is 0 Å². The lowest BCUT2D eigenvalue weighted by molar-refractivity contribution is -0.139. The van der Waals surface area contributed by atoms with Crippen LogP contribution < -0.4 is 20.1 Å². The second-order valence-corrected chi connectivity index (χ2v) is 7.41. The van der Waals surface area contributed by atoms with E-state index in [2.05, 4.69) is 10.6 Å². The fraction of sp³-hybridized carbons (Fsp3) is 0.360. The fourth-order valence-electron chi connectivity index (χ4n) is 3.53. The number of amides is 2. The zero-order chi connectivity index (χ0) is 23.1. The summed E-state index contributed by atoms with van der Waals surface area (Å²) in [7, 11) is 0. The molecule has 3 rings (SSSR count). The average Bonchev–Trinajstić information content (AvgIpc) is 2.79. The Morgan fingerprint density at radius 3 is 2.38 bits per heavy atom. The van der Waals surface area contributed by atoms with E-state index in [1.165, 1.54) is 5.56 Å². The summed E-state index contributed by atoms with van der Waals surface area (Å²) in [6, 6.07) is 12.6. The van der Waals surface area contributed by atoms with Gasteiger partial charge in [-0.2, -0.15) is 0 Å². The van der Waals surface area contributed by atoms with Crippen LogP contribution in [0.15, 0.2) is 53.7 Å². The number of nitrogens with one attached hydrogen (secondary N) is 2. The molecule has 0 saturated carbocycles. The van der Waals surface area contributed by atoms with Gasteiger partial charge in [0.25, 0.3) is 0 Å². The minimum absolute atomic E-state index is 0.246. The predicted octanol–water partition coefficient (Wildman–Crippen LogP) is 4.55. The lowest BCUT2D eigenvalue weighted by Crippen LogP contribution is -2.45. The number of ether oxygens (including phenoxy) is 3. The Balaban J connectivity index is 1.92. The van der Waals surface area contributed by atoms with Gasteiger partial charge in [0, 0.05) is 5.70 Å². The highest BCUT2D eigenvalue weighted by Gasteiger charge is 2.33. The number of hydrogen-bond donors (Lipinski definition) is 2. The zero-order valence-corrected chi connectivity index (χ0v) is 19.0. The standard InChI is InChI=1S/C25H30N2O5/c1-5-19-22(24(28)31-7-3)23(27-25(29)26-19)18-12-13-20(21(14-18)30-6-2)32-15-17-10-8-16(4)9-11-17/h8-14,23H,5-7,15H2,1-4H3,(H2,26,27,29). The normalized spacial score (nSPS) is 15.6. The molecule has 1 atom stereocenters. The van der Waals surface area contributed by atoms with Crippen LogP contribution in [-0.4, -0.2) is 25.2 Å². The van der Waals surface area contributed by atoms with E-state index in [9.17, 15) is 9.59 Å². The van der Waals surface area contributed by atoms with Gasteiger partial charge in [-0.25, -0.2) is 9.59 Å². The molecule has 0 aromatic heterocycles. The number of carbonyl (C=O) groups is 2. The molecule has 170 valence electrons. The van der Waals surface area contributed by atoms with E-state index in [-0.39, 0.29) is 12.6 Å². The number of hydrogen-bond acceptors (Lipinski definition) is 5. The van der Waals surface area contributed by atoms with Gasteiger partial charge < -0.3 is 24.8 Å². The van der Waals surface area contributed by atoms with Crippen molar-refractivity contribution in [2.75, 3.05) is 13.2 Å². The van der Waals surface area contributed by atoms with E-state index in [1.807, 2.05) is 51.1 Å². The number of urea groups is 1. The monoisotopic (exact) mass is 438 g/mol. The van der Waals surface area contributed by atoms with Gasteiger partial charge in [0.15, 0.2) is 11.5 Å². The van der Waals surface area contributed by atoms with E-state index in [4.69, 9.17) is 14.2 Å². The van der Waals surface area contributed by atoms with Crippen molar-refractivity contribution >= 4 is 12.0 Å². The molecule has 0 radical (unpaired) electrons. The van der Waals surface area contributed by atoms with Gasteiger partial charge in [-0.15, -0.1) is 0 Å². The Labute approximate surface area is 188 Å². The van der Waals surface area contributed by atoms with Crippen LogP contribution in [0.4, 0.5) is 4.79 Å². The van der Waals surface area contributed by atoms with Crippen LogP contribution >= 0.6 is 0 Å². The van der Waals surface area contributed by atoms with Gasteiger partial charge in [-0.3, -0.25) is 0 Å². The summed E-state index contributed by atoms with van der Waals surface area (Å²) >= 11 is 0. The number of aryl methyl sites for hydroxylation is 1. The summed E-state index contributed by atoms with van der Waals surface area (Å²) in [6.45, 7) is 8.66. The summed E-state index contributed by atoms with van der Waals surface area (Å²) in [5, 5.41) is 5.55. The van der Waals surface area contributed by atoms with Gasteiger partial charge >= 0.3 is 12.0 Å². The maximum absolute atomic E-state index is 12.7. The smallest absolute Gasteiger partial charge is 0.338 e. The molecule has 1 unspecified atom stereocenters. The molecule has 1 aliphatic rings. The first-order chi connectivity index (χ1) is 15.5. The van der Waals surface area contributed by atoms with Crippen molar-refractivity contribution in [3.05, 3.63) is 70.4 Å². The van der Waals surface area contributed by atoms with Crippen LogP contribution in [0.2, 0.25) is 0 Å². The van der Waals surface area contributed by atoms with Crippen molar-refractivity contribution in [2.24, 2.45) is 0 Å². The van der Waals surface area contributed by atoms with Crippen molar-refractivity contribution in [1.82, 2.24) is 10.6 Å². The maximum atomic E-state index is 12.7. The summed E-state index contributed by atoms with van der Waals surface area (Å²) < 4.78 is 17.1. The first-order valence-electron chi connectivity index (χ1n) is 10.9. The molecular formula is C25H30N2O5. The summed E-state index contributed by atoms with van der Waals surface area (Å²) in [6.07, 6.45) is 0.494. The van der Waals surface area contributed by atoms with Crippen LogP contribution in [0.5, 0.6) is 11.5 Å². The molecule has 0 spiro atoms. The predicted molar refractivity (Wildman–Crippen MR) is 121 cm³/mol. The maximum Gasteiger partial charge on any atom is 0.338 e. The van der Waals surface area contributed by atoms with Crippen LogP contribution in [0, 0.1) is 6.92 Å². The molecule has 2 amide bonds. The highest BCUT2D eigenvalue weighted by molar-refractivity contribution is 5.95. The SMILES string of the molecule is CCOC(=O)C1=C(CC)NC(=O)NC1c1ccc(OCc2ccc(C)cc2)c(OCC)c1. The summed E-state index contributed by atoms with van der Waals surface area (Å²) in [4.78, 5) is 24.9. The van der Waals surface area contributed by atoms with E-state index in [0.29, 0.717) is 48.0 Å². The molecular weight excluding hydrogens is 408 g/mol. The minimum Gasteiger partial charge on any atom is -0.490 e. The third kappa shape index (κ3) is 5.41. The Hall–Kier alpha value is -3.48. The van der Waals surface area contributed by atoms with Crippen LogP contribution in [0.1, 0.15) is 49.9 Å². The highest BCUT2D eigenvalue weighted by atomic mass is 16.5. The second kappa shape index (κ2) is 10.7. The molecule has 7 heteroatoms. The number of benzene rings is 2. The molecule has 2 aromatic rings. The number of allylic oxidation sites excluding steroid dienone is 1. The van der Waals surface area contributed by atoms with E-state index < -0.39 is 12.0 Å².